The van der Waals surface area contributed by atoms with E-state index in [1.165, 1.54) is 0 Å². The number of para-hydroxylation sites is 1. The molecule has 94 valence electrons. The lowest BCUT2D eigenvalue weighted by molar-refractivity contribution is 0.0990. The molecule has 0 N–H and O–H groups in total. The fourth-order valence-corrected chi connectivity index (χ4v) is 1.85. The average molecular weight is 251 g/mol. The molecule has 0 amide bonds. The molecule has 0 spiro atoms. The van der Waals surface area contributed by atoms with Crippen LogP contribution in [0.15, 0.2) is 48.5 Å². The summed E-state index contributed by atoms with van der Waals surface area (Å²) < 4.78 is 5.18. The van der Waals surface area contributed by atoms with Gasteiger partial charge in [-0.15, -0.1) is 0 Å². The lowest BCUT2D eigenvalue weighted by atomic mass is 10.0. The van der Waals surface area contributed by atoms with Crippen molar-refractivity contribution in [2.24, 2.45) is 0 Å². The van der Waals surface area contributed by atoms with E-state index in [0.717, 1.165) is 5.56 Å². The second-order valence-electron chi connectivity index (χ2n) is 4.11. The Hall–Kier alpha value is -2.60. The zero-order chi connectivity index (χ0) is 13.7. The third kappa shape index (κ3) is 2.99. The van der Waals surface area contributed by atoms with Crippen LogP contribution < -0.4 is 4.74 Å². The van der Waals surface area contributed by atoms with Crippen LogP contribution in [-0.2, 0) is 6.42 Å². The first kappa shape index (κ1) is 12.8. The van der Waals surface area contributed by atoms with E-state index in [1.54, 1.807) is 43.5 Å². The Morgan fingerprint density at radius 2 is 1.84 bits per heavy atom. The standard InChI is InChI=1S/C16H13NO2/c1-19-16-5-3-2-4-14(16)15(18)10-12-6-8-13(11-17)9-7-12/h2-9H,10H2,1H3. The van der Waals surface area contributed by atoms with Crippen molar-refractivity contribution in [1.82, 2.24) is 0 Å². The number of hydrogen-bond acceptors (Lipinski definition) is 3. The van der Waals surface area contributed by atoms with Gasteiger partial charge in [0.25, 0.3) is 0 Å². The van der Waals surface area contributed by atoms with Crippen molar-refractivity contribution in [1.29, 1.82) is 5.26 Å². The zero-order valence-electron chi connectivity index (χ0n) is 10.6. The first-order valence-corrected chi connectivity index (χ1v) is 5.90. The third-order valence-corrected chi connectivity index (χ3v) is 2.86. The highest BCUT2D eigenvalue weighted by molar-refractivity contribution is 5.99. The molecule has 3 heteroatoms. The highest BCUT2D eigenvalue weighted by Gasteiger charge is 2.11. The summed E-state index contributed by atoms with van der Waals surface area (Å²) in [7, 11) is 1.55. The average Bonchev–Trinajstić information content (AvgIpc) is 2.48. The van der Waals surface area contributed by atoms with E-state index in [-0.39, 0.29) is 5.78 Å². The molecular formula is C16H13NO2. The molecule has 0 atom stereocenters. The minimum atomic E-state index is 0.00200. The van der Waals surface area contributed by atoms with Crippen LogP contribution in [0.1, 0.15) is 21.5 Å². The summed E-state index contributed by atoms with van der Waals surface area (Å²) in [6, 6.07) is 16.2. The van der Waals surface area contributed by atoms with Gasteiger partial charge in [0.2, 0.25) is 0 Å². The summed E-state index contributed by atoms with van der Waals surface area (Å²) in [5.41, 5.74) is 2.05. The first-order chi connectivity index (χ1) is 9.24. The van der Waals surface area contributed by atoms with E-state index in [4.69, 9.17) is 10.00 Å². The summed E-state index contributed by atoms with van der Waals surface area (Å²) >= 11 is 0. The predicted molar refractivity (Wildman–Crippen MR) is 72.2 cm³/mol. The molecule has 0 aliphatic heterocycles. The van der Waals surface area contributed by atoms with Crippen LogP contribution in [0.2, 0.25) is 0 Å². The van der Waals surface area contributed by atoms with Crippen LogP contribution in [0.25, 0.3) is 0 Å². The number of benzene rings is 2. The first-order valence-electron chi connectivity index (χ1n) is 5.90. The molecule has 0 bridgehead atoms. The van der Waals surface area contributed by atoms with Gasteiger partial charge in [0.1, 0.15) is 5.75 Å². The maximum Gasteiger partial charge on any atom is 0.170 e. The van der Waals surface area contributed by atoms with Crippen LogP contribution in [0.3, 0.4) is 0 Å². The molecule has 0 radical (unpaired) electrons. The van der Waals surface area contributed by atoms with Crippen LogP contribution in [0, 0.1) is 11.3 Å². The van der Waals surface area contributed by atoms with E-state index >= 15 is 0 Å². The highest BCUT2D eigenvalue weighted by atomic mass is 16.5. The van der Waals surface area contributed by atoms with Gasteiger partial charge in [-0.25, -0.2) is 0 Å². The third-order valence-electron chi connectivity index (χ3n) is 2.86. The number of ketones is 1. The second kappa shape index (κ2) is 5.83. The quantitative estimate of drug-likeness (QED) is 0.785. The van der Waals surface area contributed by atoms with Gasteiger partial charge in [0.05, 0.1) is 24.3 Å². The number of nitriles is 1. The Morgan fingerprint density at radius 3 is 2.47 bits per heavy atom. The van der Waals surface area contributed by atoms with Crippen molar-refractivity contribution in [2.45, 2.75) is 6.42 Å². The van der Waals surface area contributed by atoms with Gasteiger partial charge >= 0.3 is 0 Å². The molecule has 2 aromatic carbocycles. The topological polar surface area (TPSA) is 50.1 Å². The second-order valence-corrected chi connectivity index (χ2v) is 4.11. The van der Waals surface area contributed by atoms with Crippen molar-refractivity contribution in [3.63, 3.8) is 0 Å². The van der Waals surface area contributed by atoms with Crippen molar-refractivity contribution in [3.05, 3.63) is 65.2 Å². The number of carbonyl (C=O) groups excluding carboxylic acids is 1. The predicted octanol–water partition coefficient (Wildman–Crippen LogP) is 2.99. The Labute approximate surface area is 112 Å². The molecule has 0 heterocycles. The fourth-order valence-electron chi connectivity index (χ4n) is 1.85. The Morgan fingerprint density at radius 1 is 1.16 bits per heavy atom. The molecule has 0 saturated heterocycles. The van der Waals surface area contributed by atoms with Crippen molar-refractivity contribution in [3.8, 4) is 11.8 Å². The van der Waals surface area contributed by atoms with E-state index < -0.39 is 0 Å². The molecule has 0 saturated carbocycles. The van der Waals surface area contributed by atoms with Crippen LogP contribution in [0.4, 0.5) is 0 Å². The fraction of sp³-hybridized carbons (Fsp3) is 0.125. The summed E-state index contributed by atoms with van der Waals surface area (Å²) in [4.78, 5) is 12.2. The molecule has 2 rings (SSSR count). The van der Waals surface area contributed by atoms with E-state index in [1.807, 2.05) is 12.1 Å². The minimum Gasteiger partial charge on any atom is -0.496 e. The monoisotopic (exact) mass is 251 g/mol. The number of Topliss-reactive ketones (excluding diaryl/α,β-unsaturated/α-hetero) is 1. The number of carbonyl (C=O) groups is 1. The SMILES string of the molecule is COc1ccccc1C(=O)Cc1ccc(C#N)cc1. The van der Waals surface area contributed by atoms with E-state index in [2.05, 4.69) is 6.07 Å². The van der Waals surface area contributed by atoms with Gasteiger partial charge in [-0.3, -0.25) is 4.79 Å². The number of hydrogen-bond donors (Lipinski definition) is 0. The zero-order valence-corrected chi connectivity index (χ0v) is 10.6. The molecule has 2 aromatic rings. The molecular weight excluding hydrogens is 238 g/mol. The van der Waals surface area contributed by atoms with Gasteiger partial charge in [0, 0.05) is 6.42 Å². The Bertz CT molecular complexity index is 624. The molecule has 0 aliphatic carbocycles. The van der Waals surface area contributed by atoms with Gasteiger partial charge in [0.15, 0.2) is 5.78 Å². The minimum absolute atomic E-state index is 0.00200. The normalized spacial score (nSPS) is 9.68. The van der Waals surface area contributed by atoms with Crippen molar-refractivity contribution < 1.29 is 9.53 Å². The smallest absolute Gasteiger partial charge is 0.170 e. The lowest BCUT2D eigenvalue weighted by Crippen LogP contribution is -2.05. The largest absolute Gasteiger partial charge is 0.496 e. The maximum atomic E-state index is 12.2. The number of methoxy groups -OCH3 is 1. The summed E-state index contributed by atoms with van der Waals surface area (Å²) in [5.74, 6) is 0.586. The number of rotatable bonds is 4. The molecule has 3 nitrogen and oxygen atoms in total. The Kier molecular flexibility index (Phi) is 3.94. The van der Waals surface area contributed by atoms with Gasteiger partial charge in [-0.1, -0.05) is 24.3 Å². The Balaban J connectivity index is 2.18. The summed E-state index contributed by atoms with van der Waals surface area (Å²) in [6.07, 6.45) is 0.298. The van der Waals surface area contributed by atoms with Crippen LogP contribution >= 0.6 is 0 Å². The van der Waals surface area contributed by atoms with Crippen molar-refractivity contribution in [2.75, 3.05) is 7.11 Å². The maximum absolute atomic E-state index is 12.2. The molecule has 0 aliphatic rings. The van der Waals surface area contributed by atoms with Crippen LogP contribution in [0.5, 0.6) is 5.75 Å². The molecule has 0 fully saturated rings. The van der Waals surface area contributed by atoms with Gasteiger partial charge in [-0.2, -0.15) is 5.26 Å². The van der Waals surface area contributed by atoms with Crippen LogP contribution in [-0.4, -0.2) is 12.9 Å². The summed E-state index contributed by atoms with van der Waals surface area (Å²) in [5, 5.41) is 8.72. The molecule has 0 aromatic heterocycles. The van der Waals surface area contributed by atoms with Gasteiger partial charge < -0.3 is 4.74 Å². The lowest BCUT2D eigenvalue weighted by Gasteiger charge is -2.07. The highest BCUT2D eigenvalue weighted by Crippen LogP contribution is 2.19. The molecule has 0 unspecified atom stereocenters. The number of nitrogens with zero attached hydrogens (tertiary/aromatic N) is 1. The van der Waals surface area contributed by atoms with Gasteiger partial charge in [-0.05, 0) is 29.8 Å². The van der Waals surface area contributed by atoms with E-state index in [9.17, 15) is 4.79 Å². The number of ether oxygens (including phenoxy) is 1. The summed E-state index contributed by atoms with van der Waals surface area (Å²) in [6.45, 7) is 0. The molecule has 19 heavy (non-hydrogen) atoms. The van der Waals surface area contributed by atoms with E-state index in [0.29, 0.717) is 23.3 Å². The van der Waals surface area contributed by atoms with Crippen molar-refractivity contribution >= 4 is 5.78 Å².